The number of amides is 5. The molecule has 0 saturated carbocycles. The van der Waals surface area contributed by atoms with E-state index in [-0.39, 0.29) is 31.1 Å². The normalized spacial score (nSPS) is 23.3. The molecule has 37 heavy (non-hydrogen) atoms. The van der Waals surface area contributed by atoms with Crippen LogP contribution >= 0.6 is 0 Å². The molecule has 2 saturated heterocycles. The minimum absolute atomic E-state index is 0.0869. The summed E-state index contributed by atoms with van der Waals surface area (Å²) < 4.78 is 0. The van der Waals surface area contributed by atoms with Crippen molar-refractivity contribution in [3.05, 3.63) is 69.8 Å². The monoisotopic (exact) mass is 505 g/mol. The summed E-state index contributed by atoms with van der Waals surface area (Å²) in [4.78, 5) is 70.8. The number of hydrogen-bond acceptors (Lipinski definition) is 7. The summed E-state index contributed by atoms with van der Waals surface area (Å²) in [5.74, 6) is -1.49. The van der Waals surface area contributed by atoms with Crippen molar-refractivity contribution in [2.45, 2.75) is 25.8 Å². The number of fused-ring (bicyclic) bond motifs is 4. The third kappa shape index (κ3) is 3.64. The molecular formula is C26H27N5O6. The number of rotatable bonds is 4. The number of nitro groups is 1. The van der Waals surface area contributed by atoms with Crippen LogP contribution in [0.1, 0.15) is 29.3 Å². The second kappa shape index (κ2) is 8.99. The predicted octanol–water partition coefficient (Wildman–Crippen LogP) is 2.30. The van der Waals surface area contributed by atoms with Crippen LogP contribution in [0.25, 0.3) is 0 Å². The summed E-state index contributed by atoms with van der Waals surface area (Å²) >= 11 is 0. The minimum Gasteiger partial charge on any atom is -0.363 e. The van der Waals surface area contributed by atoms with E-state index < -0.39 is 34.2 Å². The lowest BCUT2D eigenvalue weighted by molar-refractivity contribution is -0.384. The molecule has 11 heteroatoms. The van der Waals surface area contributed by atoms with Gasteiger partial charge in [0.25, 0.3) is 11.6 Å². The number of carbonyl (C=O) groups excluding carboxylic acids is 4. The van der Waals surface area contributed by atoms with Gasteiger partial charge in [0.1, 0.15) is 0 Å². The topological polar surface area (TPSA) is 124 Å². The Morgan fingerprint density at radius 2 is 1.81 bits per heavy atom. The molecule has 2 fully saturated rings. The molecule has 3 aliphatic heterocycles. The molecule has 2 atom stereocenters. The third-order valence-electron chi connectivity index (χ3n) is 7.59. The first-order valence-corrected chi connectivity index (χ1v) is 12.2. The summed E-state index contributed by atoms with van der Waals surface area (Å²) in [5, 5.41) is 11.5. The van der Waals surface area contributed by atoms with E-state index in [0.29, 0.717) is 36.3 Å². The van der Waals surface area contributed by atoms with Crippen LogP contribution in [-0.2, 0) is 16.0 Å². The van der Waals surface area contributed by atoms with Gasteiger partial charge in [0.15, 0.2) is 5.41 Å². The molecule has 2 aromatic carbocycles. The van der Waals surface area contributed by atoms with Crippen LogP contribution in [0, 0.1) is 15.5 Å². The van der Waals surface area contributed by atoms with Crippen LogP contribution in [0.4, 0.5) is 16.2 Å². The van der Waals surface area contributed by atoms with E-state index in [9.17, 15) is 29.3 Å². The number of nitrogens with zero attached hydrogens (tertiary/aromatic N) is 5. The Morgan fingerprint density at radius 3 is 2.49 bits per heavy atom. The number of imide groups is 2. The van der Waals surface area contributed by atoms with Crippen LogP contribution < -0.4 is 4.90 Å². The number of anilines is 1. The van der Waals surface area contributed by atoms with Crippen molar-refractivity contribution in [1.29, 1.82) is 0 Å². The van der Waals surface area contributed by atoms with Crippen LogP contribution in [0.2, 0.25) is 0 Å². The van der Waals surface area contributed by atoms with Gasteiger partial charge in [-0.15, -0.1) is 0 Å². The largest absolute Gasteiger partial charge is 0.363 e. The Balaban J connectivity index is 1.64. The summed E-state index contributed by atoms with van der Waals surface area (Å²) in [6.07, 6.45) is 0.401. The molecule has 0 unspecified atom stereocenters. The molecule has 3 heterocycles. The van der Waals surface area contributed by atoms with Gasteiger partial charge >= 0.3 is 6.03 Å². The maximum absolute atomic E-state index is 14.1. The van der Waals surface area contributed by atoms with E-state index in [1.54, 1.807) is 35.2 Å². The molecule has 0 aromatic heterocycles. The molecular weight excluding hydrogens is 478 g/mol. The van der Waals surface area contributed by atoms with Crippen LogP contribution in [0.15, 0.2) is 48.5 Å². The minimum atomic E-state index is -1.71. The molecule has 5 amide bonds. The van der Waals surface area contributed by atoms with Crippen molar-refractivity contribution in [3.8, 4) is 0 Å². The fraction of sp³-hybridized carbons (Fsp3) is 0.385. The molecule has 0 radical (unpaired) electrons. The maximum atomic E-state index is 14.1. The predicted molar refractivity (Wildman–Crippen MR) is 133 cm³/mol. The van der Waals surface area contributed by atoms with Gasteiger partial charge in [0.05, 0.1) is 11.0 Å². The standard InChI is InChI=1S/C26H27N5O6/c1-3-11-30-24(34)26(23(33)27(2)25(30)35)15-18-14-19(31(36)37)9-10-20(18)29-13-12-28(16-21(26)29)22(32)17-7-5-4-6-8-17/h4-10,14,21H,3,11-13,15-16H2,1-2H3/t21-,26-/m1/s1. The highest BCUT2D eigenvalue weighted by molar-refractivity contribution is 6.20. The van der Waals surface area contributed by atoms with E-state index in [1.165, 1.54) is 19.2 Å². The van der Waals surface area contributed by atoms with Crippen molar-refractivity contribution in [3.63, 3.8) is 0 Å². The number of benzene rings is 2. The van der Waals surface area contributed by atoms with E-state index in [0.717, 1.165) is 9.80 Å². The SMILES string of the molecule is CCCN1C(=O)N(C)C(=O)[C@]2(Cc3cc([N+](=O)[O-])ccc3N3CCN(C(=O)c4ccccc4)C[C@@H]32)C1=O. The third-order valence-corrected chi connectivity index (χ3v) is 7.59. The number of urea groups is 1. The van der Waals surface area contributed by atoms with Gasteiger partial charge in [0.2, 0.25) is 11.8 Å². The van der Waals surface area contributed by atoms with Gasteiger partial charge in [-0.3, -0.25) is 34.3 Å². The summed E-state index contributed by atoms with van der Waals surface area (Å²) in [5.41, 5.74) is -0.173. The number of barbiturate groups is 1. The zero-order valence-electron chi connectivity index (χ0n) is 20.6. The number of hydrogen-bond donors (Lipinski definition) is 0. The van der Waals surface area contributed by atoms with Crippen LogP contribution in [0.5, 0.6) is 0 Å². The quantitative estimate of drug-likeness (QED) is 0.355. The molecule has 3 aliphatic rings. The van der Waals surface area contributed by atoms with Gasteiger partial charge in [-0.25, -0.2) is 4.79 Å². The zero-order valence-corrected chi connectivity index (χ0v) is 20.6. The number of nitro benzene ring substituents is 1. The van der Waals surface area contributed by atoms with Crippen molar-refractivity contribution in [1.82, 2.24) is 14.7 Å². The van der Waals surface area contributed by atoms with Crippen molar-refractivity contribution >= 4 is 35.1 Å². The zero-order chi connectivity index (χ0) is 26.5. The molecule has 5 rings (SSSR count). The van der Waals surface area contributed by atoms with Crippen molar-refractivity contribution < 1.29 is 24.1 Å². The van der Waals surface area contributed by atoms with Gasteiger partial charge in [0, 0.05) is 63.0 Å². The highest BCUT2D eigenvalue weighted by Crippen LogP contribution is 2.47. The average molecular weight is 506 g/mol. The molecule has 2 aromatic rings. The first-order chi connectivity index (χ1) is 17.7. The Morgan fingerprint density at radius 1 is 1.08 bits per heavy atom. The van der Waals surface area contributed by atoms with Gasteiger partial charge < -0.3 is 9.80 Å². The second-order valence-electron chi connectivity index (χ2n) is 9.65. The van der Waals surface area contributed by atoms with Crippen LogP contribution in [0.3, 0.4) is 0 Å². The number of carbonyl (C=O) groups is 4. The van der Waals surface area contributed by atoms with Gasteiger partial charge in [-0.05, 0) is 30.2 Å². The number of non-ortho nitro benzene ring substituents is 1. The summed E-state index contributed by atoms with van der Waals surface area (Å²) in [6, 6.07) is 11.8. The first kappa shape index (κ1) is 24.4. The molecule has 11 nitrogen and oxygen atoms in total. The average Bonchev–Trinajstić information content (AvgIpc) is 2.92. The fourth-order valence-electron chi connectivity index (χ4n) is 5.81. The fourth-order valence-corrected chi connectivity index (χ4v) is 5.81. The van der Waals surface area contributed by atoms with Gasteiger partial charge in [-0.2, -0.15) is 0 Å². The molecule has 0 N–H and O–H groups in total. The molecule has 0 bridgehead atoms. The Labute approximate surface area is 213 Å². The Hall–Kier alpha value is -4.28. The highest BCUT2D eigenvalue weighted by Gasteiger charge is 2.64. The van der Waals surface area contributed by atoms with E-state index >= 15 is 0 Å². The highest BCUT2D eigenvalue weighted by atomic mass is 16.6. The molecule has 1 spiro atoms. The lowest BCUT2D eigenvalue weighted by Gasteiger charge is -2.56. The Bertz CT molecular complexity index is 1310. The van der Waals surface area contributed by atoms with E-state index in [4.69, 9.17) is 0 Å². The smallest absolute Gasteiger partial charge is 0.333 e. The Kier molecular flexibility index (Phi) is 5.93. The summed E-state index contributed by atoms with van der Waals surface area (Å²) in [7, 11) is 1.35. The van der Waals surface area contributed by atoms with Crippen LogP contribution in [-0.4, -0.2) is 82.6 Å². The van der Waals surface area contributed by atoms with E-state index in [1.807, 2.05) is 17.9 Å². The lowest BCUT2D eigenvalue weighted by atomic mass is 9.67. The van der Waals surface area contributed by atoms with Crippen molar-refractivity contribution in [2.75, 3.05) is 38.1 Å². The van der Waals surface area contributed by atoms with Crippen molar-refractivity contribution in [2.24, 2.45) is 5.41 Å². The maximum Gasteiger partial charge on any atom is 0.333 e. The number of piperazine rings is 1. The molecule has 192 valence electrons. The second-order valence-corrected chi connectivity index (χ2v) is 9.65. The van der Waals surface area contributed by atoms with E-state index in [2.05, 4.69) is 0 Å². The first-order valence-electron chi connectivity index (χ1n) is 12.2. The molecule has 0 aliphatic carbocycles. The lowest BCUT2D eigenvalue weighted by Crippen LogP contribution is -2.75. The van der Waals surface area contributed by atoms with Gasteiger partial charge in [-0.1, -0.05) is 25.1 Å². The summed E-state index contributed by atoms with van der Waals surface area (Å²) in [6.45, 7) is 2.71.